The van der Waals surface area contributed by atoms with Crippen molar-refractivity contribution in [3.8, 4) is 0 Å². The highest BCUT2D eigenvalue weighted by atomic mass is 16.6. The molecule has 0 spiro atoms. The Kier molecular flexibility index (Phi) is 10.1. The summed E-state index contributed by atoms with van der Waals surface area (Å²) < 4.78 is 11.5. The lowest BCUT2D eigenvalue weighted by Crippen LogP contribution is -2.46. The van der Waals surface area contributed by atoms with Crippen LogP contribution >= 0.6 is 0 Å². The molecule has 2 aliphatic heterocycles. The Hall–Kier alpha value is -4.61. The molecule has 0 unspecified atom stereocenters. The molecule has 5 rings (SSSR count). The lowest BCUT2D eigenvalue weighted by atomic mass is 10.0. The van der Waals surface area contributed by atoms with Crippen molar-refractivity contribution in [2.75, 3.05) is 57.4 Å². The van der Waals surface area contributed by atoms with Gasteiger partial charge in [-0.25, -0.2) is 4.79 Å². The predicted octanol–water partition coefficient (Wildman–Crippen LogP) is 4.03. The number of allylic oxidation sites excluding steroid dienone is 4. The highest BCUT2D eigenvalue weighted by molar-refractivity contribution is 6.04. The zero-order valence-electron chi connectivity index (χ0n) is 24.5. The molecule has 1 saturated heterocycles. The van der Waals surface area contributed by atoms with Gasteiger partial charge in [-0.05, 0) is 62.2 Å². The highest BCUT2D eigenvalue weighted by Gasteiger charge is 2.22. The zero-order chi connectivity index (χ0) is 30.0. The fraction of sp³-hybridized carbons (Fsp3) is 0.344. The largest absolute Gasteiger partial charge is 0.463 e. The summed E-state index contributed by atoms with van der Waals surface area (Å²) >= 11 is 0. The zero-order valence-corrected chi connectivity index (χ0v) is 24.5. The van der Waals surface area contributed by atoms with Gasteiger partial charge in [0.2, 0.25) is 5.88 Å². The van der Waals surface area contributed by atoms with Gasteiger partial charge in [-0.15, -0.1) is 0 Å². The first-order valence-electron chi connectivity index (χ1n) is 14.6. The number of nitrogen functional groups attached to an aromatic ring is 1. The smallest absolute Gasteiger partial charge is 0.324 e. The first kappa shape index (κ1) is 29.9. The number of nitrogens with one attached hydrogen (secondary N) is 2. The van der Waals surface area contributed by atoms with Gasteiger partial charge < -0.3 is 35.2 Å². The van der Waals surface area contributed by atoms with Crippen molar-refractivity contribution in [2.24, 2.45) is 0 Å². The Bertz CT molecular complexity index is 1410. The minimum atomic E-state index is -0.361. The van der Waals surface area contributed by atoms with Crippen LogP contribution in [-0.2, 0) is 16.0 Å². The molecule has 1 aromatic carbocycles. The van der Waals surface area contributed by atoms with Crippen molar-refractivity contribution >= 4 is 23.3 Å². The molecule has 1 aliphatic carbocycles. The van der Waals surface area contributed by atoms with Crippen LogP contribution in [0.25, 0.3) is 0 Å². The first-order valence-corrected chi connectivity index (χ1v) is 14.6. The van der Waals surface area contributed by atoms with Crippen LogP contribution in [0.5, 0.6) is 0 Å². The van der Waals surface area contributed by atoms with Gasteiger partial charge in [0.15, 0.2) is 12.0 Å². The van der Waals surface area contributed by atoms with Gasteiger partial charge in [-0.3, -0.25) is 15.1 Å². The number of nitrogens with two attached hydrogens (primary N) is 1. The molecule has 4 N–H and O–H groups in total. The van der Waals surface area contributed by atoms with Gasteiger partial charge in [0.25, 0.3) is 5.91 Å². The monoisotopic (exact) mass is 585 g/mol. The lowest BCUT2D eigenvalue weighted by molar-refractivity contribution is 0.102. The topological polar surface area (TPSA) is 125 Å². The molecule has 3 amide bonds. The second-order valence-electron chi connectivity index (χ2n) is 10.8. The normalized spacial score (nSPS) is 17.1. The Morgan fingerprint density at radius 1 is 1.07 bits per heavy atom. The van der Waals surface area contributed by atoms with Crippen LogP contribution in [0.15, 0.2) is 90.6 Å². The maximum Gasteiger partial charge on any atom is 0.324 e. The van der Waals surface area contributed by atoms with E-state index >= 15 is 0 Å². The maximum absolute atomic E-state index is 13.5. The number of pyridine rings is 1. The molecular weight excluding hydrogens is 546 g/mol. The van der Waals surface area contributed by atoms with E-state index in [2.05, 4.69) is 38.5 Å². The maximum atomic E-state index is 13.5. The third-order valence-corrected chi connectivity index (χ3v) is 7.56. The highest BCUT2D eigenvalue weighted by Crippen LogP contribution is 2.25. The number of anilines is 2. The second-order valence-corrected chi connectivity index (χ2v) is 10.8. The SMILES string of the molecule is CN1CCN(CCCN(Cc2ccc(C(=O)Nc3ccccc3N)nc2)C(=O)NC2=COC=C(C3=CC=CCC3)O2)CC1. The number of rotatable bonds is 10. The van der Waals surface area contributed by atoms with Crippen LogP contribution in [0.2, 0.25) is 0 Å². The Balaban J connectivity index is 1.22. The average Bonchev–Trinajstić information content (AvgIpc) is 3.03. The van der Waals surface area contributed by atoms with Crippen molar-refractivity contribution in [3.05, 3.63) is 102 Å². The third-order valence-electron chi connectivity index (χ3n) is 7.56. The fourth-order valence-electron chi connectivity index (χ4n) is 4.99. The fourth-order valence-corrected chi connectivity index (χ4v) is 4.99. The lowest BCUT2D eigenvalue weighted by Gasteiger charge is -2.33. The van der Waals surface area contributed by atoms with Crippen molar-refractivity contribution in [2.45, 2.75) is 25.8 Å². The number of nitrogens with zero attached hydrogens (tertiary/aromatic N) is 4. The number of hydrogen-bond acceptors (Lipinski definition) is 8. The molecule has 1 aromatic heterocycles. The second kappa shape index (κ2) is 14.5. The number of benzene rings is 1. The summed E-state index contributed by atoms with van der Waals surface area (Å²) in [4.78, 5) is 37.1. The molecule has 11 heteroatoms. The van der Waals surface area contributed by atoms with Gasteiger partial charge in [-0.2, -0.15) is 0 Å². The van der Waals surface area contributed by atoms with E-state index < -0.39 is 0 Å². The van der Waals surface area contributed by atoms with Gasteiger partial charge >= 0.3 is 6.03 Å². The molecule has 0 atom stereocenters. The number of piperazine rings is 1. The molecule has 0 radical (unpaired) electrons. The number of carbonyl (C=O) groups excluding carboxylic acids is 2. The van der Waals surface area contributed by atoms with Crippen LogP contribution in [0.1, 0.15) is 35.3 Å². The summed E-state index contributed by atoms with van der Waals surface area (Å²) in [6.45, 7) is 5.85. The molecule has 226 valence electrons. The van der Waals surface area contributed by atoms with E-state index in [4.69, 9.17) is 15.2 Å². The van der Waals surface area contributed by atoms with Crippen LogP contribution in [0, 0.1) is 0 Å². The van der Waals surface area contributed by atoms with E-state index in [1.807, 2.05) is 12.2 Å². The number of likely N-dealkylation sites (N-methyl/N-ethyl adjacent to an activating group) is 1. The van der Waals surface area contributed by atoms with Crippen molar-refractivity contribution < 1.29 is 19.1 Å². The van der Waals surface area contributed by atoms with Crippen LogP contribution in [-0.4, -0.2) is 77.9 Å². The van der Waals surface area contributed by atoms with E-state index in [0.29, 0.717) is 30.2 Å². The summed E-state index contributed by atoms with van der Waals surface area (Å²) in [5, 5.41) is 5.65. The summed E-state index contributed by atoms with van der Waals surface area (Å²) in [6, 6.07) is 10.2. The summed E-state index contributed by atoms with van der Waals surface area (Å²) in [5.74, 6) is 0.450. The van der Waals surface area contributed by atoms with E-state index in [0.717, 1.165) is 63.1 Å². The minimum Gasteiger partial charge on any atom is -0.463 e. The quantitative estimate of drug-likeness (QED) is 0.357. The summed E-state index contributed by atoms with van der Waals surface area (Å²) in [6.07, 6.45) is 13.2. The van der Waals surface area contributed by atoms with Crippen LogP contribution in [0.4, 0.5) is 16.2 Å². The molecule has 0 bridgehead atoms. The summed E-state index contributed by atoms with van der Waals surface area (Å²) in [7, 11) is 2.14. The third kappa shape index (κ3) is 8.46. The van der Waals surface area contributed by atoms with Crippen LogP contribution < -0.4 is 16.4 Å². The Morgan fingerprint density at radius 2 is 1.91 bits per heavy atom. The van der Waals surface area contributed by atoms with E-state index in [9.17, 15) is 9.59 Å². The van der Waals surface area contributed by atoms with Gasteiger partial charge in [0.05, 0.1) is 11.4 Å². The average molecular weight is 586 g/mol. The number of aromatic nitrogens is 1. The Morgan fingerprint density at radius 3 is 2.65 bits per heavy atom. The van der Waals surface area contributed by atoms with Crippen molar-refractivity contribution in [3.63, 3.8) is 0 Å². The molecular formula is C32H39N7O4. The molecule has 43 heavy (non-hydrogen) atoms. The number of amides is 3. The number of urea groups is 1. The predicted molar refractivity (Wildman–Crippen MR) is 165 cm³/mol. The minimum absolute atomic E-state index is 0.229. The summed E-state index contributed by atoms with van der Waals surface area (Å²) in [5.41, 5.74) is 9.00. The Labute approximate surface area is 252 Å². The molecule has 0 saturated carbocycles. The van der Waals surface area contributed by atoms with Gasteiger partial charge in [0.1, 0.15) is 12.0 Å². The van der Waals surface area contributed by atoms with Crippen LogP contribution in [0.3, 0.4) is 0 Å². The van der Waals surface area contributed by atoms with Crippen molar-refractivity contribution in [1.82, 2.24) is 25.0 Å². The molecule has 1 fully saturated rings. The van der Waals surface area contributed by atoms with E-state index in [1.54, 1.807) is 53.8 Å². The number of hydrogen-bond donors (Lipinski definition) is 3. The molecule has 3 aliphatic rings. The molecule has 2 aromatic rings. The number of para-hydroxylation sites is 2. The number of carbonyl (C=O) groups is 2. The molecule has 3 heterocycles. The first-order chi connectivity index (χ1) is 20.9. The van der Waals surface area contributed by atoms with E-state index in [1.165, 1.54) is 6.26 Å². The van der Waals surface area contributed by atoms with Crippen molar-refractivity contribution in [1.29, 1.82) is 0 Å². The van der Waals surface area contributed by atoms with Gasteiger partial charge in [0, 0.05) is 45.5 Å². The molecule has 11 nitrogen and oxygen atoms in total. The van der Waals surface area contributed by atoms with Gasteiger partial charge in [-0.1, -0.05) is 36.4 Å². The number of ether oxygens (including phenoxy) is 2. The van der Waals surface area contributed by atoms with E-state index in [-0.39, 0.29) is 23.5 Å². The standard InChI is InChI=1S/C32H39N7O4/c1-37-16-18-38(19-17-37)14-7-15-39(32(41)36-30-23-42-22-29(43-30)25-8-3-2-4-9-25)21-24-12-13-28(34-20-24)31(40)35-27-11-6-5-10-26(27)33/h2-3,5-6,8,10-13,20,22-23H,4,7,9,14-19,21,33H2,1H3,(H,35,40)(H,36,41).